The van der Waals surface area contributed by atoms with E-state index in [0.29, 0.717) is 5.11 Å². The van der Waals surface area contributed by atoms with Crippen LogP contribution >= 0.6 is 12.2 Å². The summed E-state index contributed by atoms with van der Waals surface area (Å²) in [5.74, 6) is 0. The normalized spacial score (nSPS) is 14.3. The predicted molar refractivity (Wildman–Crippen MR) is 108 cm³/mol. The van der Waals surface area contributed by atoms with Gasteiger partial charge in [-0.05, 0) is 68.6 Å². The van der Waals surface area contributed by atoms with Gasteiger partial charge in [0.25, 0.3) is 0 Å². The summed E-state index contributed by atoms with van der Waals surface area (Å²) in [6, 6.07) is 14.7. The van der Waals surface area contributed by atoms with Crippen LogP contribution in [-0.2, 0) is 0 Å². The zero-order chi connectivity index (χ0) is 16.9. The van der Waals surface area contributed by atoms with Crippen LogP contribution in [0.3, 0.4) is 0 Å². The minimum atomic E-state index is 0.636. The summed E-state index contributed by atoms with van der Waals surface area (Å²) in [6.45, 7) is 6.44. The van der Waals surface area contributed by atoms with Crippen molar-refractivity contribution in [1.82, 2.24) is 0 Å². The molecule has 0 aromatic heterocycles. The van der Waals surface area contributed by atoms with Gasteiger partial charge in [0.1, 0.15) is 0 Å². The van der Waals surface area contributed by atoms with E-state index in [0.717, 1.165) is 24.5 Å². The molecule has 3 rings (SSSR count). The first kappa shape index (κ1) is 16.8. The Bertz CT molecular complexity index is 700. The summed E-state index contributed by atoms with van der Waals surface area (Å²) in [7, 11) is 0. The fourth-order valence-corrected chi connectivity index (χ4v) is 3.48. The number of hydrogen-bond acceptors (Lipinski definition) is 2. The van der Waals surface area contributed by atoms with Crippen molar-refractivity contribution >= 4 is 34.4 Å². The molecule has 0 saturated carbocycles. The third kappa shape index (κ3) is 3.88. The van der Waals surface area contributed by atoms with Gasteiger partial charge in [0.05, 0.1) is 11.4 Å². The van der Waals surface area contributed by atoms with Gasteiger partial charge < -0.3 is 15.5 Å². The van der Waals surface area contributed by atoms with Gasteiger partial charge in [0, 0.05) is 18.8 Å². The molecule has 2 N–H and O–H groups in total. The van der Waals surface area contributed by atoms with Crippen molar-refractivity contribution in [2.24, 2.45) is 0 Å². The third-order valence-electron chi connectivity index (χ3n) is 4.57. The Hall–Kier alpha value is -2.07. The highest BCUT2D eigenvalue weighted by molar-refractivity contribution is 7.80. The van der Waals surface area contributed by atoms with Crippen LogP contribution in [0.25, 0.3) is 0 Å². The minimum Gasteiger partial charge on any atom is -0.370 e. The number of rotatable bonds is 3. The molecule has 1 aliphatic heterocycles. The highest BCUT2D eigenvalue weighted by Gasteiger charge is 2.15. The fraction of sp³-hybridized carbons (Fsp3) is 0.350. The van der Waals surface area contributed by atoms with Crippen LogP contribution in [-0.4, -0.2) is 18.2 Å². The molecule has 0 atom stereocenters. The Balaban J connectivity index is 1.75. The number of nitrogens with zero attached hydrogens (tertiary/aromatic N) is 1. The van der Waals surface area contributed by atoms with E-state index in [4.69, 9.17) is 12.2 Å². The lowest BCUT2D eigenvalue weighted by Gasteiger charge is -2.30. The minimum absolute atomic E-state index is 0.636. The number of hydrogen-bond donors (Lipinski definition) is 2. The molecule has 2 aromatic rings. The quantitative estimate of drug-likeness (QED) is 0.761. The van der Waals surface area contributed by atoms with E-state index >= 15 is 0 Å². The maximum Gasteiger partial charge on any atom is 0.175 e. The molecule has 0 bridgehead atoms. The molecule has 1 heterocycles. The van der Waals surface area contributed by atoms with E-state index in [2.05, 4.69) is 71.8 Å². The van der Waals surface area contributed by atoms with Gasteiger partial charge in [-0.1, -0.05) is 30.3 Å². The molecule has 0 unspecified atom stereocenters. The number of benzene rings is 2. The number of anilines is 3. The van der Waals surface area contributed by atoms with Crippen molar-refractivity contribution in [2.45, 2.75) is 33.1 Å². The van der Waals surface area contributed by atoms with Crippen molar-refractivity contribution in [3.8, 4) is 0 Å². The van der Waals surface area contributed by atoms with Crippen molar-refractivity contribution in [1.29, 1.82) is 0 Å². The van der Waals surface area contributed by atoms with Gasteiger partial charge in [-0.3, -0.25) is 0 Å². The van der Waals surface area contributed by atoms with Crippen LogP contribution < -0.4 is 15.5 Å². The lowest BCUT2D eigenvalue weighted by atomic mass is 10.1. The van der Waals surface area contributed by atoms with Crippen LogP contribution in [0.4, 0.5) is 17.1 Å². The molecule has 0 amide bonds. The first-order chi connectivity index (χ1) is 11.6. The Morgan fingerprint density at radius 1 is 0.875 bits per heavy atom. The van der Waals surface area contributed by atoms with Crippen molar-refractivity contribution in [3.63, 3.8) is 0 Å². The van der Waals surface area contributed by atoms with Gasteiger partial charge in [-0.2, -0.15) is 0 Å². The van der Waals surface area contributed by atoms with E-state index in [1.165, 1.54) is 36.1 Å². The first-order valence-electron chi connectivity index (χ1n) is 8.63. The summed E-state index contributed by atoms with van der Waals surface area (Å²) < 4.78 is 0. The van der Waals surface area contributed by atoms with E-state index in [1.54, 1.807) is 0 Å². The maximum atomic E-state index is 5.56. The number of thiocarbonyl (C=S) groups is 1. The number of para-hydroxylation sites is 3. The van der Waals surface area contributed by atoms with Gasteiger partial charge in [0.15, 0.2) is 5.11 Å². The summed E-state index contributed by atoms with van der Waals surface area (Å²) in [6.07, 6.45) is 3.86. The predicted octanol–water partition coefficient (Wildman–Crippen LogP) is 5.10. The molecule has 0 spiro atoms. The fourth-order valence-electron chi connectivity index (χ4n) is 3.27. The molecule has 126 valence electrons. The molecular formula is C20H25N3S. The molecule has 1 fully saturated rings. The Labute approximate surface area is 150 Å². The molecule has 1 saturated heterocycles. The second-order valence-electron chi connectivity index (χ2n) is 6.41. The van der Waals surface area contributed by atoms with Crippen LogP contribution in [0.1, 0.15) is 30.4 Å². The highest BCUT2D eigenvalue weighted by Crippen LogP contribution is 2.28. The lowest BCUT2D eigenvalue weighted by Crippen LogP contribution is -2.31. The molecular weight excluding hydrogens is 314 g/mol. The summed E-state index contributed by atoms with van der Waals surface area (Å²) >= 11 is 5.56. The lowest BCUT2D eigenvalue weighted by molar-refractivity contribution is 0.578. The zero-order valence-electron chi connectivity index (χ0n) is 14.4. The van der Waals surface area contributed by atoms with E-state index < -0.39 is 0 Å². The van der Waals surface area contributed by atoms with Crippen molar-refractivity contribution in [3.05, 3.63) is 53.6 Å². The number of aryl methyl sites for hydroxylation is 2. The SMILES string of the molecule is Cc1cccc(C)c1NC(=S)Nc1ccccc1N1CCCCC1. The van der Waals surface area contributed by atoms with Crippen LogP contribution in [0.2, 0.25) is 0 Å². The molecule has 4 heteroatoms. The Morgan fingerprint density at radius 2 is 1.54 bits per heavy atom. The highest BCUT2D eigenvalue weighted by atomic mass is 32.1. The van der Waals surface area contributed by atoms with Crippen molar-refractivity contribution in [2.75, 3.05) is 28.6 Å². The molecule has 1 aliphatic rings. The van der Waals surface area contributed by atoms with Gasteiger partial charge in [-0.15, -0.1) is 0 Å². The summed E-state index contributed by atoms with van der Waals surface area (Å²) in [4.78, 5) is 2.45. The number of nitrogens with one attached hydrogen (secondary N) is 2. The Kier molecular flexibility index (Phi) is 5.36. The molecule has 0 radical (unpaired) electrons. The average molecular weight is 340 g/mol. The maximum absolute atomic E-state index is 5.56. The van der Waals surface area contributed by atoms with Gasteiger partial charge in [-0.25, -0.2) is 0 Å². The van der Waals surface area contributed by atoms with Crippen molar-refractivity contribution < 1.29 is 0 Å². The largest absolute Gasteiger partial charge is 0.370 e. The molecule has 3 nitrogen and oxygen atoms in total. The standard InChI is InChI=1S/C20H25N3S/c1-15-9-8-10-16(2)19(15)22-20(24)21-17-11-4-5-12-18(17)23-13-6-3-7-14-23/h4-5,8-12H,3,6-7,13-14H2,1-2H3,(H2,21,22,24). The van der Waals surface area contributed by atoms with E-state index in [-0.39, 0.29) is 0 Å². The van der Waals surface area contributed by atoms with Crippen LogP contribution in [0.15, 0.2) is 42.5 Å². The first-order valence-corrected chi connectivity index (χ1v) is 9.04. The molecule has 24 heavy (non-hydrogen) atoms. The van der Waals surface area contributed by atoms with Crippen LogP contribution in [0, 0.1) is 13.8 Å². The topological polar surface area (TPSA) is 27.3 Å². The zero-order valence-corrected chi connectivity index (χ0v) is 15.2. The van der Waals surface area contributed by atoms with Crippen LogP contribution in [0.5, 0.6) is 0 Å². The summed E-state index contributed by atoms with van der Waals surface area (Å²) in [5, 5.41) is 7.38. The average Bonchev–Trinajstić information content (AvgIpc) is 2.60. The molecule has 0 aliphatic carbocycles. The van der Waals surface area contributed by atoms with E-state index in [9.17, 15) is 0 Å². The number of piperidine rings is 1. The van der Waals surface area contributed by atoms with Gasteiger partial charge in [0.2, 0.25) is 0 Å². The van der Waals surface area contributed by atoms with E-state index in [1.807, 2.05) is 0 Å². The third-order valence-corrected chi connectivity index (χ3v) is 4.77. The Morgan fingerprint density at radius 3 is 2.25 bits per heavy atom. The summed E-state index contributed by atoms with van der Waals surface area (Å²) in [5.41, 5.74) is 5.79. The molecule has 2 aromatic carbocycles. The second-order valence-corrected chi connectivity index (χ2v) is 6.82. The monoisotopic (exact) mass is 339 g/mol. The van der Waals surface area contributed by atoms with Gasteiger partial charge >= 0.3 is 0 Å². The second kappa shape index (κ2) is 7.67. The smallest absolute Gasteiger partial charge is 0.175 e.